The lowest BCUT2D eigenvalue weighted by Crippen LogP contribution is -2.54. The number of hydrogen-bond donors (Lipinski definition) is 2. The second-order valence-corrected chi connectivity index (χ2v) is 11.8. The van der Waals surface area contributed by atoms with E-state index in [2.05, 4.69) is 10.6 Å². The van der Waals surface area contributed by atoms with Gasteiger partial charge in [0.2, 0.25) is 5.91 Å². The van der Waals surface area contributed by atoms with Gasteiger partial charge in [-0.3, -0.25) is 9.59 Å². The standard InChI is InChI=1S/C34H45N3O4/c1-9-19-37(32(39)29(22(3)10-2)36-33(40)41-34(6,7)8)30(27-16-15-23(4)24(5)20-27)31(38)35-28-18-17-25-13-11-12-14-26(25)21-28/h11-18,20-22,29-30H,9-10,19H2,1-8H3,(H,35,38)(H,36,40). The van der Waals surface area contributed by atoms with E-state index in [-0.39, 0.29) is 17.7 Å². The molecule has 220 valence electrons. The van der Waals surface area contributed by atoms with Gasteiger partial charge in [0.15, 0.2) is 0 Å². The smallest absolute Gasteiger partial charge is 0.408 e. The molecule has 0 saturated carbocycles. The fraction of sp³-hybridized carbons (Fsp3) is 0.441. The van der Waals surface area contributed by atoms with Gasteiger partial charge in [-0.25, -0.2) is 4.79 Å². The first kappa shape index (κ1) is 31.7. The largest absolute Gasteiger partial charge is 0.444 e. The molecule has 3 aromatic rings. The molecule has 3 rings (SSSR count). The molecule has 0 radical (unpaired) electrons. The van der Waals surface area contributed by atoms with Crippen molar-refractivity contribution < 1.29 is 19.1 Å². The van der Waals surface area contributed by atoms with Crippen LogP contribution in [0.5, 0.6) is 0 Å². The number of nitrogens with one attached hydrogen (secondary N) is 2. The Morgan fingerprint density at radius 1 is 0.902 bits per heavy atom. The summed E-state index contributed by atoms with van der Waals surface area (Å²) >= 11 is 0. The summed E-state index contributed by atoms with van der Waals surface area (Å²) < 4.78 is 5.49. The second-order valence-electron chi connectivity index (χ2n) is 11.8. The number of carbonyl (C=O) groups is 3. The van der Waals surface area contributed by atoms with E-state index in [4.69, 9.17) is 4.74 Å². The van der Waals surface area contributed by atoms with Gasteiger partial charge >= 0.3 is 6.09 Å². The van der Waals surface area contributed by atoms with Crippen molar-refractivity contribution in [3.8, 4) is 0 Å². The van der Waals surface area contributed by atoms with E-state index in [0.717, 1.165) is 21.9 Å². The van der Waals surface area contributed by atoms with Crippen LogP contribution in [0.1, 0.15) is 77.1 Å². The first-order chi connectivity index (χ1) is 19.3. The summed E-state index contributed by atoms with van der Waals surface area (Å²) in [5, 5.41) is 7.96. The van der Waals surface area contributed by atoms with Crippen LogP contribution in [-0.2, 0) is 14.3 Å². The Kier molecular flexibility index (Phi) is 10.5. The third-order valence-electron chi connectivity index (χ3n) is 7.32. The molecule has 0 aliphatic carbocycles. The quantitative estimate of drug-likeness (QED) is 0.273. The molecular weight excluding hydrogens is 514 g/mol. The van der Waals surface area contributed by atoms with E-state index < -0.39 is 23.8 Å². The molecule has 0 saturated heterocycles. The van der Waals surface area contributed by atoms with Crippen molar-refractivity contribution in [3.05, 3.63) is 77.4 Å². The number of carbonyl (C=O) groups excluding carboxylic acids is 3. The Bertz CT molecular complexity index is 1380. The number of aryl methyl sites for hydroxylation is 2. The first-order valence-corrected chi connectivity index (χ1v) is 14.5. The number of anilines is 1. The number of rotatable bonds is 10. The molecular formula is C34H45N3O4. The first-order valence-electron chi connectivity index (χ1n) is 14.5. The van der Waals surface area contributed by atoms with Crippen molar-refractivity contribution in [2.24, 2.45) is 5.92 Å². The number of ether oxygens (including phenoxy) is 1. The number of benzene rings is 3. The molecule has 3 amide bonds. The minimum absolute atomic E-state index is 0.182. The van der Waals surface area contributed by atoms with Crippen LogP contribution in [0.2, 0.25) is 0 Å². The zero-order valence-electron chi connectivity index (χ0n) is 25.7. The molecule has 2 N–H and O–H groups in total. The normalized spacial score (nSPS) is 13.7. The summed E-state index contributed by atoms with van der Waals surface area (Å²) in [6.45, 7) is 15.6. The predicted octanol–water partition coefficient (Wildman–Crippen LogP) is 7.31. The van der Waals surface area contributed by atoms with Gasteiger partial charge in [-0.2, -0.15) is 0 Å². The third-order valence-corrected chi connectivity index (χ3v) is 7.32. The van der Waals surface area contributed by atoms with Gasteiger partial charge in [-0.05, 0) is 86.6 Å². The average Bonchev–Trinajstić information content (AvgIpc) is 2.91. The van der Waals surface area contributed by atoms with Gasteiger partial charge in [0.05, 0.1) is 0 Å². The van der Waals surface area contributed by atoms with Crippen molar-refractivity contribution in [2.75, 3.05) is 11.9 Å². The maximum atomic E-state index is 14.3. The lowest BCUT2D eigenvalue weighted by atomic mass is 9.94. The Morgan fingerprint density at radius 2 is 1.59 bits per heavy atom. The van der Waals surface area contributed by atoms with E-state index in [1.165, 1.54) is 0 Å². The van der Waals surface area contributed by atoms with Gasteiger partial charge in [0, 0.05) is 12.2 Å². The van der Waals surface area contributed by atoms with Crippen LogP contribution in [0.3, 0.4) is 0 Å². The van der Waals surface area contributed by atoms with Crippen LogP contribution < -0.4 is 10.6 Å². The predicted molar refractivity (Wildman–Crippen MR) is 166 cm³/mol. The maximum Gasteiger partial charge on any atom is 0.408 e. The summed E-state index contributed by atoms with van der Waals surface area (Å²) in [5.41, 5.74) is 2.78. The Labute approximate surface area is 244 Å². The molecule has 3 atom stereocenters. The van der Waals surface area contributed by atoms with Crippen molar-refractivity contribution >= 4 is 34.4 Å². The Hall–Kier alpha value is -3.87. The minimum Gasteiger partial charge on any atom is -0.444 e. The van der Waals surface area contributed by atoms with Crippen molar-refractivity contribution in [1.29, 1.82) is 0 Å². The fourth-order valence-corrected chi connectivity index (χ4v) is 4.79. The van der Waals surface area contributed by atoms with Gasteiger partial charge in [-0.15, -0.1) is 0 Å². The molecule has 7 nitrogen and oxygen atoms in total. The van der Waals surface area contributed by atoms with E-state index in [9.17, 15) is 14.4 Å². The summed E-state index contributed by atoms with van der Waals surface area (Å²) in [5.74, 6) is -0.812. The van der Waals surface area contributed by atoms with Crippen molar-refractivity contribution in [3.63, 3.8) is 0 Å². The highest BCUT2D eigenvalue weighted by Gasteiger charge is 2.38. The highest BCUT2D eigenvalue weighted by atomic mass is 16.6. The van der Waals surface area contributed by atoms with E-state index in [1.807, 2.05) is 95.3 Å². The zero-order chi connectivity index (χ0) is 30.3. The van der Waals surface area contributed by atoms with Gasteiger partial charge in [-0.1, -0.05) is 75.7 Å². The Balaban J connectivity index is 2.04. The number of amides is 3. The molecule has 7 heteroatoms. The minimum atomic E-state index is -0.903. The molecule has 3 aromatic carbocycles. The second kappa shape index (κ2) is 13.7. The summed E-state index contributed by atoms with van der Waals surface area (Å²) in [6, 6.07) is 17.8. The molecule has 0 aliphatic heterocycles. The van der Waals surface area contributed by atoms with Gasteiger partial charge in [0.1, 0.15) is 17.7 Å². The molecule has 0 bridgehead atoms. The number of hydrogen-bond acceptors (Lipinski definition) is 4. The fourth-order valence-electron chi connectivity index (χ4n) is 4.79. The van der Waals surface area contributed by atoms with Crippen LogP contribution >= 0.6 is 0 Å². The molecule has 0 fully saturated rings. The van der Waals surface area contributed by atoms with Gasteiger partial charge < -0.3 is 20.3 Å². The monoisotopic (exact) mass is 559 g/mol. The zero-order valence-corrected chi connectivity index (χ0v) is 25.7. The maximum absolute atomic E-state index is 14.3. The molecule has 0 aromatic heterocycles. The summed E-state index contributed by atoms with van der Waals surface area (Å²) in [7, 11) is 0. The Morgan fingerprint density at radius 3 is 2.20 bits per heavy atom. The van der Waals surface area contributed by atoms with E-state index >= 15 is 0 Å². The van der Waals surface area contributed by atoms with Crippen LogP contribution in [-0.4, -0.2) is 41.0 Å². The van der Waals surface area contributed by atoms with Crippen LogP contribution in [0.4, 0.5) is 10.5 Å². The molecule has 0 aliphatic rings. The highest BCUT2D eigenvalue weighted by molar-refractivity contribution is 6.00. The molecule has 0 heterocycles. The lowest BCUT2D eigenvalue weighted by Gasteiger charge is -2.36. The van der Waals surface area contributed by atoms with E-state index in [1.54, 1.807) is 25.7 Å². The average molecular weight is 560 g/mol. The summed E-state index contributed by atoms with van der Waals surface area (Å²) in [4.78, 5) is 42.8. The number of nitrogens with zero attached hydrogens (tertiary/aromatic N) is 1. The SMILES string of the molecule is CCCN(C(=O)C(NC(=O)OC(C)(C)C)C(C)CC)C(C(=O)Nc1ccc2ccccc2c1)c1ccc(C)c(C)c1. The van der Waals surface area contributed by atoms with Crippen molar-refractivity contribution in [1.82, 2.24) is 10.2 Å². The number of fused-ring (bicyclic) bond motifs is 1. The lowest BCUT2D eigenvalue weighted by molar-refractivity contribution is -0.141. The highest BCUT2D eigenvalue weighted by Crippen LogP contribution is 2.28. The molecule has 41 heavy (non-hydrogen) atoms. The van der Waals surface area contributed by atoms with Crippen molar-refractivity contribution in [2.45, 2.75) is 85.9 Å². The van der Waals surface area contributed by atoms with Crippen LogP contribution in [0, 0.1) is 19.8 Å². The van der Waals surface area contributed by atoms with Gasteiger partial charge in [0.25, 0.3) is 5.91 Å². The number of alkyl carbamates (subject to hydrolysis) is 1. The molecule has 0 spiro atoms. The van der Waals surface area contributed by atoms with E-state index in [0.29, 0.717) is 30.6 Å². The van der Waals surface area contributed by atoms with Crippen LogP contribution in [0.25, 0.3) is 10.8 Å². The summed E-state index contributed by atoms with van der Waals surface area (Å²) in [6.07, 6.45) is 0.635. The van der Waals surface area contributed by atoms with Crippen LogP contribution in [0.15, 0.2) is 60.7 Å². The topological polar surface area (TPSA) is 87.7 Å². The molecule has 3 unspecified atom stereocenters. The third kappa shape index (κ3) is 8.32.